The van der Waals surface area contributed by atoms with Gasteiger partial charge < -0.3 is 0 Å². The van der Waals surface area contributed by atoms with Crippen LogP contribution in [0.3, 0.4) is 0 Å². The molecule has 0 amide bonds. The highest BCUT2D eigenvalue weighted by Gasteiger charge is 2.26. The van der Waals surface area contributed by atoms with Crippen molar-refractivity contribution in [2.45, 2.75) is 4.90 Å². The van der Waals surface area contributed by atoms with Crippen molar-refractivity contribution >= 4 is 38.2 Å². The lowest BCUT2D eigenvalue weighted by atomic mass is 10.3. The van der Waals surface area contributed by atoms with Crippen LogP contribution in [0.4, 0.5) is 5.69 Å². The Morgan fingerprint density at radius 2 is 2.00 bits per heavy atom. The average Bonchev–Trinajstić information content (AvgIpc) is 2.13. The van der Waals surface area contributed by atoms with Crippen molar-refractivity contribution in [1.82, 2.24) is 3.33 Å². The van der Waals surface area contributed by atoms with E-state index in [0.29, 0.717) is 5.69 Å². The van der Waals surface area contributed by atoms with Crippen molar-refractivity contribution in [2.24, 2.45) is 4.99 Å². The van der Waals surface area contributed by atoms with E-state index in [4.69, 9.17) is 0 Å². The molecule has 13 heavy (non-hydrogen) atoms. The van der Waals surface area contributed by atoms with E-state index in [0.717, 1.165) is 3.33 Å². The zero-order valence-electron chi connectivity index (χ0n) is 6.38. The first-order valence-electron chi connectivity index (χ1n) is 3.46. The van der Waals surface area contributed by atoms with E-state index in [9.17, 15) is 8.42 Å². The van der Waals surface area contributed by atoms with Crippen LogP contribution in [0.1, 0.15) is 0 Å². The first-order valence-corrected chi connectivity index (χ1v) is 5.61. The minimum atomic E-state index is -3.42. The normalized spacial score (nSPS) is 18.4. The number of nitrogens with zero attached hydrogens (tertiary/aromatic N) is 2. The van der Waals surface area contributed by atoms with Gasteiger partial charge in [0.05, 0.1) is 21.8 Å². The number of sulfonamides is 1. The highest BCUT2D eigenvalue weighted by molar-refractivity contribution is 9.09. The van der Waals surface area contributed by atoms with Gasteiger partial charge in [-0.3, -0.25) is 0 Å². The average molecular weight is 261 g/mol. The standard InChI is InChI=1S/C7H5BrN2O2S/c8-10-5-9-6-3-1-2-4-7(6)13(10,11)12/h1-5H. The van der Waals surface area contributed by atoms with Gasteiger partial charge in [0.15, 0.2) is 0 Å². The minimum absolute atomic E-state index is 0.217. The molecule has 0 unspecified atom stereocenters. The summed E-state index contributed by atoms with van der Waals surface area (Å²) in [5.41, 5.74) is 0.471. The summed E-state index contributed by atoms with van der Waals surface area (Å²) in [6.07, 6.45) is 1.22. The van der Waals surface area contributed by atoms with E-state index in [1.807, 2.05) is 0 Å². The quantitative estimate of drug-likeness (QED) is 0.667. The van der Waals surface area contributed by atoms with Gasteiger partial charge in [0, 0.05) is 0 Å². The fraction of sp³-hybridized carbons (Fsp3) is 0. The van der Waals surface area contributed by atoms with Gasteiger partial charge in [0.2, 0.25) is 0 Å². The molecular weight excluding hydrogens is 256 g/mol. The van der Waals surface area contributed by atoms with Gasteiger partial charge in [0.25, 0.3) is 10.0 Å². The van der Waals surface area contributed by atoms with Gasteiger partial charge >= 0.3 is 0 Å². The third kappa shape index (κ3) is 1.26. The van der Waals surface area contributed by atoms with Gasteiger partial charge in [-0.25, -0.2) is 13.4 Å². The molecule has 4 nitrogen and oxygen atoms in total. The molecule has 0 aliphatic carbocycles. The summed E-state index contributed by atoms with van der Waals surface area (Å²) >= 11 is 2.88. The SMILES string of the molecule is O=S1(=O)c2ccccc2N=CN1Br. The van der Waals surface area contributed by atoms with Gasteiger partial charge in [-0.05, 0) is 12.1 Å². The molecule has 1 aliphatic heterocycles. The monoisotopic (exact) mass is 260 g/mol. The Balaban J connectivity index is 2.76. The number of benzene rings is 1. The highest BCUT2D eigenvalue weighted by Crippen LogP contribution is 2.30. The topological polar surface area (TPSA) is 49.7 Å². The summed E-state index contributed by atoms with van der Waals surface area (Å²) in [5.74, 6) is 0. The molecule has 1 aromatic rings. The number of para-hydroxylation sites is 1. The Labute approximate surface area is 84.3 Å². The van der Waals surface area contributed by atoms with Gasteiger partial charge in [0.1, 0.15) is 11.2 Å². The number of fused-ring (bicyclic) bond motifs is 1. The van der Waals surface area contributed by atoms with Crippen molar-refractivity contribution < 1.29 is 8.42 Å². The number of hydrogen-bond acceptors (Lipinski definition) is 3. The van der Waals surface area contributed by atoms with Crippen LogP contribution in [-0.4, -0.2) is 18.1 Å². The molecule has 0 bridgehead atoms. The molecule has 2 rings (SSSR count). The van der Waals surface area contributed by atoms with Crippen LogP contribution in [0.5, 0.6) is 0 Å². The Morgan fingerprint density at radius 1 is 1.31 bits per heavy atom. The minimum Gasteiger partial charge on any atom is -0.236 e. The Bertz CT molecular complexity index is 469. The third-order valence-corrected chi connectivity index (χ3v) is 4.44. The number of halogens is 1. The second kappa shape index (κ2) is 2.81. The van der Waals surface area contributed by atoms with Crippen LogP contribution < -0.4 is 0 Å². The molecule has 0 saturated carbocycles. The van der Waals surface area contributed by atoms with Gasteiger partial charge in [-0.1, -0.05) is 12.1 Å². The molecule has 1 aliphatic rings. The number of hydrogen-bond donors (Lipinski definition) is 0. The van der Waals surface area contributed by atoms with Crippen LogP contribution in [0.25, 0.3) is 0 Å². The zero-order valence-corrected chi connectivity index (χ0v) is 8.79. The zero-order chi connectivity index (χ0) is 9.47. The predicted molar refractivity (Wildman–Crippen MR) is 52.5 cm³/mol. The van der Waals surface area contributed by atoms with Gasteiger partial charge in [-0.2, -0.15) is 3.33 Å². The predicted octanol–water partition coefficient (Wildman–Crippen LogP) is 1.66. The van der Waals surface area contributed by atoms with Crippen molar-refractivity contribution in [3.63, 3.8) is 0 Å². The summed E-state index contributed by atoms with van der Waals surface area (Å²) in [7, 11) is -3.42. The number of aliphatic imine (C=N–C) groups is 1. The van der Waals surface area contributed by atoms with E-state index in [-0.39, 0.29) is 4.90 Å². The molecule has 0 atom stereocenters. The van der Waals surface area contributed by atoms with E-state index < -0.39 is 10.0 Å². The molecule has 6 heteroatoms. The Morgan fingerprint density at radius 3 is 2.77 bits per heavy atom. The van der Waals surface area contributed by atoms with E-state index in [1.165, 1.54) is 12.4 Å². The molecule has 0 spiro atoms. The van der Waals surface area contributed by atoms with Crippen molar-refractivity contribution in [1.29, 1.82) is 0 Å². The highest BCUT2D eigenvalue weighted by atomic mass is 79.9. The molecule has 0 fully saturated rings. The van der Waals surface area contributed by atoms with Crippen LogP contribution in [0, 0.1) is 0 Å². The fourth-order valence-electron chi connectivity index (χ4n) is 1.05. The molecule has 68 valence electrons. The smallest absolute Gasteiger partial charge is 0.236 e. The summed E-state index contributed by atoms with van der Waals surface area (Å²) in [4.78, 5) is 4.16. The summed E-state index contributed by atoms with van der Waals surface area (Å²) in [5, 5.41) is 0. The number of rotatable bonds is 0. The van der Waals surface area contributed by atoms with Crippen molar-refractivity contribution in [3.05, 3.63) is 24.3 Å². The van der Waals surface area contributed by atoms with Crippen LogP contribution in [0.15, 0.2) is 34.2 Å². The molecule has 1 aromatic carbocycles. The second-order valence-electron chi connectivity index (χ2n) is 2.46. The summed E-state index contributed by atoms with van der Waals surface area (Å²) < 4.78 is 24.1. The van der Waals surface area contributed by atoms with Crippen LogP contribution >= 0.6 is 16.1 Å². The molecule has 0 saturated heterocycles. The van der Waals surface area contributed by atoms with E-state index in [2.05, 4.69) is 21.1 Å². The summed E-state index contributed by atoms with van der Waals surface area (Å²) in [6.45, 7) is 0. The lowest BCUT2D eigenvalue weighted by molar-refractivity contribution is 0.579. The fourth-order valence-corrected chi connectivity index (χ4v) is 2.60. The van der Waals surface area contributed by atoms with E-state index >= 15 is 0 Å². The molecule has 0 N–H and O–H groups in total. The Hall–Kier alpha value is -0.880. The summed E-state index contributed by atoms with van der Waals surface area (Å²) in [6, 6.07) is 6.59. The third-order valence-electron chi connectivity index (χ3n) is 1.66. The molecular formula is C7H5BrN2O2S. The van der Waals surface area contributed by atoms with Crippen LogP contribution in [-0.2, 0) is 10.0 Å². The lowest BCUT2D eigenvalue weighted by Crippen LogP contribution is -2.22. The molecule has 0 radical (unpaired) electrons. The second-order valence-corrected chi connectivity index (χ2v) is 5.48. The van der Waals surface area contributed by atoms with Crippen molar-refractivity contribution in [2.75, 3.05) is 0 Å². The maximum absolute atomic E-state index is 11.6. The molecule has 1 heterocycles. The van der Waals surface area contributed by atoms with Gasteiger partial charge in [-0.15, -0.1) is 0 Å². The Kier molecular flexibility index (Phi) is 1.88. The van der Waals surface area contributed by atoms with E-state index in [1.54, 1.807) is 18.2 Å². The maximum atomic E-state index is 11.6. The maximum Gasteiger partial charge on any atom is 0.276 e. The van der Waals surface area contributed by atoms with Crippen molar-refractivity contribution in [3.8, 4) is 0 Å². The lowest BCUT2D eigenvalue weighted by Gasteiger charge is -2.16. The van der Waals surface area contributed by atoms with Crippen LogP contribution in [0.2, 0.25) is 0 Å². The first-order chi connectivity index (χ1) is 6.12. The molecule has 0 aromatic heterocycles. The first kappa shape index (κ1) is 8.71. The largest absolute Gasteiger partial charge is 0.276 e.